The average molecular weight is 340 g/mol. The molecule has 3 heteroatoms. The van der Waals surface area contributed by atoms with Gasteiger partial charge in [0, 0.05) is 10.3 Å². The van der Waals surface area contributed by atoms with Crippen molar-refractivity contribution < 1.29 is 4.79 Å². The van der Waals surface area contributed by atoms with Gasteiger partial charge in [0.2, 0.25) is 0 Å². The van der Waals surface area contributed by atoms with E-state index < -0.39 is 0 Å². The Balaban J connectivity index is 1.51. The summed E-state index contributed by atoms with van der Waals surface area (Å²) >= 11 is 1.58. The molecule has 2 nitrogen and oxygen atoms in total. The molecule has 4 saturated carbocycles. The zero-order chi connectivity index (χ0) is 16.9. The number of aryl methyl sites for hydroxylation is 2. The third-order valence-electron chi connectivity index (χ3n) is 6.54. The van der Waals surface area contributed by atoms with Crippen LogP contribution in [0.15, 0.2) is 17.0 Å². The third-order valence-corrected chi connectivity index (χ3v) is 7.58. The van der Waals surface area contributed by atoms with Crippen molar-refractivity contribution in [2.45, 2.75) is 57.3 Å². The number of carbonyl (C=O) groups is 1. The predicted octanol–water partition coefficient (Wildman–Crippen LogP) is 5.05. The van der Waals surface area contributed by atoms with E-state index in [1.54, 1.807) is 11.8 Å². The quantitative estimate of drug-likeness (QED) is 0.721. The van der Waals surface area contributed by atoms with Gasteiger partial charge >= 0.3 is 0 Å². The molecule has 0 N–H and O–H groups in total. The molecule has 1 aromatic carbocycles. The third kappa shape index (κ3) is 2.69. The van der Waals surface area contributed by atoms with Crippen LogP contribution in [0.3, 0.4) is 0 Å². The van der Waals surface area contributed by atoms with E-state index in [4.69, 9.17) is 0 Å². The first kappa shape index (κ1) is 16.2. The Bertz CT molecular complexity index is 695. The Morgan fingerprint density at radius 2 is 1.75 bits per heavy atom. The van der Waals surface area contributed by atoms with Crippen LogP contribution in [0, 0.1) is 48.3 Å². The van der Waals surface area contributed by atoms with Crippen molar-refractivity contribution in [2.75, 3.05) is 5.75 Å². The average Bonchev–Trinajstić information content (AvgIpc) is 2.50. The van der Waals surface area contributed by atoms with E-state index in [-0.39, 0.29) is 5.41 Å². The van der Waals surface area contributed by atoms with Crippen LogP contribution in [0.5, 0.6) is 0 Å². The van der Waals surface area contributed by atoms with Gasteiger partial charge in [0.15, 0.2) is 0 Å². The smallest absolute Gasteiger partial charge is 0.149 e. The number of benzene rings is 1. The number of hydrogen-bond donors (Lipinski definition) is 0. The number of Topliss-reactive ketones (excluding diaryl/α,β-unsaturated/α-hetero) is 1. The van der Waals surface area contributed by atoms with Crippen LogP contribution in [0.1, 0.15) is 55.2 Å². The van der Waals surface area contributed by atoms with Crippen LogP contribution in [0.25, 0.3) is 0 Å². The highest BCUT2D eigenvalue weighted by Gasteiger charge is 2.54. The summed E-state index contributed by atoms with van der Waals surface area (Å²) in [5.41, 5.74) is 2.90. The Morgan fingerprint density at radius 3 is 2.29 bits per heavy atom. The van der Waals surface area contributed by atoms with Crippen molar-refractivity contribution in [1.29, 1.82) is 5.26 Å². The molecule has 0 heterocycles. The highest BCUT2D eigenvalue weighted by molar-refractivity contribution is 8.00. The van der Waals surface area contributed by atoms with Gasteiger partial charge in [0.1, 0.15) is 11.9 Å². The second-order valence-electron chi connectivity index (χ2n) is 8.48. The van der Waals surface area contributed by atoms with Crippen molar-refractivity contribution in [3.8, 4) is 6.07 Å². The van der Waals surface area contributed by atoms with Gasteiger partial charge in [-0.1, -0.05) is 6.07 Å². The van der Waals surface area contributed by atoms with E-state index >= 15 is 0 Å². The molecule has 0 radical (unpaired) electrons. The molecule has 0 spiro atoms. The summed E-state index contributed by atoms with van der Waals surface area (Å²) in [6, 6.07) is 6.42. The highest BCUT2D eigenvalue weighted by atomic mass is 32.2. The van der Waals surface area contributed by atoms with Crippen molar-refractivity contribution in [2.24, 2.45) is 23.2 Å². The fourth-order valence-corrected chi connectivity index (χ4v) is 7.15. The fourth-order valence-electron chi connectivity index (χ4n) is 5.93. The second kappa shape index (κ2) is 5.92. The summed E-state index contributed by atoms with van der Waals surface area (Å²) in [6.07, 6.45) is 7.52. The summed E-state index contributed by atoms with van der Waals surface area (Å²) in [5.74, 6) is 3.40. The molecule has 1 aromatic rings. The van der Waals surface area contributed by atoms with Gasteiger partial charge in [-0.05, 0) is 87.3 Å². The Morgan fingerprint density at radius 1 is 1.17 bits per heavy atom. The molecule has 4 fully saturated rings. The maximum Gasteiger partial charge on any atom is 0.149 e. The van der Waals surface area contributed by atoms with Crippen LogP contribution < -0.4 is 0 Å². The van der Waals surface area contributed by atoms with Crippen molar-refractivity contribution in [1.82, 2.24) is 0 Å². The van der Waals surface area contributed by atoms with Crippen LogP contribution in [-0.4, -0.2) is 11.5 Å². The molecular formula is C21H25NOS. The number of nitrogens with zero attached hydrogens (tertiary/aromatic N) is 1. The molecule has 0 aliphatic heterocycles. The number of ketones is 1. The highest BCUT2D eigenvalue weighted by Crippen LogP contribution is 2.60. The van der Waals surface area contributed by atoms with E-state index in [1.807, 2.05) is 13.0 Å². The molecule has 0 aromatic heterocycles. The number of hydrogen-bond acceptors (Lipinski definition) is 3. The Hall–Kier alpha value is -1.27. The van der Waals surface area contributed by atoms with Gasteiger partial charge in [-0.3, -0.25) is 4.79 Å². The van der Waals surface area contributed by atoms with Crippen molar-refractivity contribution in [3.05, 3.63) is 28.8 Å². The van der Waals surface area contributed by atoms with Gasteiger partial charge < -0.3 is 0 Å². The second-order valence-corrected chi connectivity index (χ2v) is 9.49. The lowest BCUT2D eigenvalue weighted by Gasteiger charge is -2.56. The lowest BCUT2D eigenvalue weighted by Crippen LogP contribution is -2.50. The molecule has 126 valence electrons. The maximum absolute atomic E-state index is 13.1. The van der Waals surface area contributed by atoms with Crippen molar-refractivity contribution >= 4 is 17.5 Å². The standard InChI is InChI=1S/C21H25NOS/c1-13-3-14(2)18(11-22)19(4-13)24-12-20(23)21-8-15-5-16(9-21)7-17(6-15)10-21/h3-4,15-17H,5-10,12H2,1-2H3. The van der Waals surface area contributed by atoms with Gasteiger partial charge in [-0.2, -0.15) is 5.26 Å². The lowest BCUT2D eigenvalue weighted by molar-refractivity contribution is -0.141. The molecule has 0 amide bonds. The van der Waals surface area contributed by atoms with Crippen LogP contribution in [0.4, 0.5) is 0 Å². The minimum Gasteiger partial charge on any atom is -0.298 e. The van der Waals surface area contributed by atoms with E-state index in [0.29, 0.717) is 11.5 Å². The molecule has 0 atom stereocenters. The zero-order valence-electron chi connectivity index (χ0n) is 14.6. The number of thioether (sulfide) groups is 1. The van der Waals surface area contributed by atoms with Crippen LogP contribution >= 0.6 is 11.8 Å². The fraction of sp³-hybridized carbons (Fsp3) is 0.619. The summed E-state index contributed by atoms with van der Waals surface area (Å²) in [5, 5.41) is 9.44. The van der Waals surface area contributed by atoms with E-state index in [1.165, 1.54) is 19.3 Å². The molecule has 5 rings (SSSR count). The Labute approximate surface area is 149 Å². The van der Waals surface area contributed by atoms with E-state index in [2.05, 4.69) is 19.1 Å². The first-order chi connectivity index (χ1) is 11.5. The minimum atomic E-state index is -0.0204. The molecule has 4 bridgehead atoms. The van der Waals surface area contributed by atoms with Gasteiger partial charge in [-0.15, -0.1) is 11.8 Å². The van der Waals surface area contributed by atoms with Gasteiger partial charge in [0.05, 0.1) is 11.3 Å². The topological polar surface area (TPSA) is 40.9 Å². The minimum absolute atomic E-state index is 0.0204. The molecule has 0 unspecified atom stereocenters. The Kier molecular flexibility index (Phi) is 4.00. The number of carbonyl (C=O) groups excluding carboxylic acids is 1. The van der Waals surface area contributed by atoms with E-state index in [9.17, 15) is 10.1 Å². The summed E-state index contributed by atoms with van der Waals surface area (Å²) < 4.78 is 0. The van der Waals surface area contributed by atoms with Crippen molar-refractivity contribution in [3.63, 3.8) is 0 Å². The summed E-state index contributed by atoms with van der Waals surface area (Å²) in [4.78, 5) is 14.1. The monoisotopic (exact) mass is 339 g/mol. The van der Waals surface area contributed by atoms with Gasteiger partial charge in [-0.25, -0.2) is 0 Å². The predicted molar refractivity (Wildman–Crippen MR) is 97.0 cm³/mol. The zero-order valence-corrected chi connectivity index (χ0v) is 15.4. The first-order valence-corrected chi connectivity index (χ1v) is 10.1. The normalized spacial score (nSPS) is 33.5. The summed E-state index contributed by atoms with van der Waals surface area (Å²) in [6.45, 7) is 4.04. The molecule has 0 saturated heterocycles. The van der Waals surface area contributed by atoms with Crippen LogP contribution in [0.2, 0.25) is 0 Å². The largest absolute Gasteiger partial charge is 0.298 e. The molecule has 4 aliphatic carbocycles. The number of rotatable bonds is 4. The van der Waals surface area contributed by atoms with Crippen LogP contribution in [-0.2, 0) is 4.79 Å². The lowest BCUT2D eigenvalue weighted by atomic mass is 9.48. The molecular weight excluding hydrogens is 314 g/mol. The summed E-state index contributed by atoms with van der Waals surface area (Å²) in [7, 11) is 0. The molecule has 4 aliphatic rings. The van der Waals surface area contributed by atoms with E-state index in [0.717, 1.165) is 58.6 Å². The SMILES string of the molecule is Cc1cc(C)c(C#N)c(SCC(=O)C23CC4CC(CC(C4)C2)C3)c1. The number of nitriles is 1. The molecule has 24 heavy (non-hydrogen) atoms. The maximum atomic E-state index is 13.1. The van der Waals surface area contributed by atoms with Gasteiger partial charge in [0.25, 0.3) is 0 Å². The first-order valence-electron chi connectivity index (χ1n) is 9.16.